The standard InChI is InChI=1S/C15H20BrN3/c1-10-5-6-12(16)8-14(10)15(17-3)9-13-7-11(2)18-19(13)4/h5-8,15,17H,9H2,1-4H3. The van der Waals surface area contributed by atoms with E-state index in [2.05, 4.69) is 57.5 Å². The predicted octanol–water partition coefficient (Wildman–Crippen LogP) is 3.30. The van der Waals surface area contributed by atoms with Crippen molar-refractivity contribution in [1.29, 1.82) is 0 Å². The number of likely N-dealkylation sites (N-methyl/N-ethyl adjacent to an activating group) is 1. The van der Waals surface area contributed by atoms with Gasteiger partial charge in [-0.3, -0.25) is 4.68 Å². The van der Waals surface area contributed by atoms with Crippen molar-refractivity contribution in [3.8, 4) is 0 Å². The molecule has 102 valence electrons. The van der Waals surface area contributed by atoms with E-state index in [0.29, 0.717) is 6.04 Å². The summed E-state index contributed by atoms with van der Waals surface area (Å²) >= 11 is 3.55. The van der Waals surface area contributed by atoms with E-state index in [1.807, 2.05) is 25.7 Å². The molecule has 0 bridgehead atoms. The molecule has 4 heteroatoms. The summed E-state index contributed by atoms with van der Waals surface area (Å²) in [7, 11) is 4.01. The van der Waals surface area contributed by atoms with Gasteiger partial charge in [-0.1, -0.05) is 22.0 Å². The summed E-state index contributed by atoms with van der Waals surface area (Å²) in [5, 5.41) is 7.82. The van der Waals surface area contributed by atoms with Crippen LogP contribution in [0.15, 0.2) is 28.7 Å². The van der Waals surface area contributed by atoms with Crippen LogP contribution in [0.1, 0.15) is 28.6 Å². The summed E-state index contributed by atoms with van der Waals surface area (Å²) in [6.45, 7) is 4.18. The van der Waals surface area contributed by atoms with Gasteiger partial charge in [-0.2, -0.15) is 5.10 Å². The van der Waals surface area contributed by atoms with E-state index in [9.17, 15) is 0 Å². The quantitative estimate of drug-likeness (QED) is 0.936. The van der Waals surface area contributed by atoms with Gasteiger partial charge >= 0.3 is 0 Å². The zero-order valence-corrected chi connectivity index (χ0v) is 13.5. The maximum absolute atomic E-state index is 4.41. The Morgan fingerprint density at radius 3 is 2.63 bits per heavy atom. The first kappa shape index (κ1) is 14.3. The first-order valence-corrected chi connectivity index (χ1v) is 7.23. The number of aromatic nitrogens is 2. The van der Waals surface area contributed by atoms with Crippen molar-refractivity contribution in [2.24, 2.45) is 7.05 Å². The highest BCUT2D eigenvalue weighted by molar-refractivity contribution is 9.10. The van der Waals surface area contributed by atoms with Crippen LogP contribution in [0, 0.1) is 13.8 Å². The number of halogens is 1. The second kappa shape index (κ2) is 5.88. The third kappa shape index (κ3) is 3.25. The molecule has 0 fully saturated rings. The summed E-state index contributed by atoms with van der Waals surface area (Å²) < 4.78 is 3.09. The summed E-state index contributed by atoms with van der Waals surface area (Å²) in [5.74, 6) is 0. The zero-order valence-electron chi connectivity index (χ0n) is 11.9. The minimum absolute atomic E-state index is 0.298. The molecule has 0 aliphatic heterocycles. The molecular formula is C15H20BrN3. The van der Waals surface area contributed by atoms with Crippen molar-refractivity contribution >= 4 is 15.9 Å². The monoisotopic (exact) mass is 321 g/mol. The van der Waals surface area contributed by atoms with Crippen LogP contribution in [0.5, 0.6) is 0 Å². The van der Waals surface area contributed by atoms with Crippen LogP contribution >= 0.6 is 15.9 Å². The Morgan fingerprint density at radius 2 is 2.05 bits per heavy atom. The molecule has 19 heavy (non-hydrogen) atoms. The lowest BCUT2D eigenvalue weighted by Gasteiger charge is -2.19. The van der Waals surface area contributed by atoms with Crippen LogP contribution < -0.4 is 5.32 Å². The van der Waals surface area contributed by atoms with Crippen molar-refractivity contribution in [2.75, 3.05) is 7.05 Å². The molecule has 2 aromatic rings. The van der Waals surface area contributed by atoms with E-state index in [1.54, 1.807) is 0 Å². The molecule has 0 aliphatic rings. The number of hydrogen-bond donors (Lipinski definition) is 1. The van der Waals surface area contributed by atoms with Gasteiger partial charge in [0.1, 0.15) is 0 Å². The van der Waals surface area contributed by atoms with Crippen molar-refractivity contribution in [3.05, 3.63) is 51.3 Å². The first-order valence-electron chi connectivity index (χ1n) is 6.44. The lowest BCUT2D eigenvalue weighted by Crippen LogP contribution is -2.21. The van der Waals surface area contributed by atoms with Crippen LogP contribution in [0.2, 0.25) is 0 Å². The number of aryl methyl sites for hydroxylation is 3. The molecule has 1 unspecified atom stereocenters. The number of benzene rings is 1. The molecule has 1 heterocycles. The molecule has 1 N–H and O–H groups in total. The number of nitrogens with zero attached hydrogens (tertiary/aromatic N) is 2. The zero-order chi connectivity index (χ0) is 14.0. The molecule has 3 nitrogen and oxygen atoms in total. The average molecular weight is 322 g/mol. The van der Waals surface area contributed by atoms with Crippen molar-refractivity contribution in [1.82, 2.24) is 15.1 Å². The molecule has 0 saturated heterocycles. The van der Waals surface area contributed by atoms with Crippen LogP contribution in [0.25, 0.3) is 0 Å². The molecule has 1 aromatic heterocycles. The van der Waals surface area contributed by atoms with Crippen molar-refractivity contribution in [2.45, 2.75) is 26.3 Å². The number of rotatable bonds is 4. The SMILES string of the molecule is CNC(Cc1cc(C)nn1C)c1cc(Br)ccc1C. The third-order valence-corrected chi connectivity index (χ3v) is 3.97. The summed E-state index contributed by atoms with van der Waals surface area (Å²) in [4.78, 5) is 0. The van der Waals surface area contributed by atoms with Gasteiger partial charge in [0.15, 0.2) is 0 Å². The smallest absolute Gasteiger partial charge is 0.0596 e. The largest absolute Gasteiger partial charge is 0.313 e. The van der Waals surface area contributed by atoms with Crippen LogP contribution in [0.4, 0.5) is 0 Å². The normalized spacial score (nSPS) is 12.7. The number of nitrogens with one attached hydrogen (secondary N) is 1. The van der Waals surface area contributed by atoms with Crippen LogP contribution in [-0.4, -0.2) is 16.8 Å². The molecule has 1 aromatic carbocycles. The molecule has 0 amide bonds. The van der Waals surface area contributed by atoms with Crippen molar-refractivity contribution in [3.63, 3.8) is 0 Å². The average Bonchev–Trinajstić information content (AvgIpc) is 2.68. The molecule has 0 aliphatic carbocycles. The van der Waals surface area contributed by atoms with Gasteiger partial charge in [0.05, 0.1) is 5.69 Å². The highest BCUT2D eigenvalue weighted by Crippen LogP contribution is 2.25. The Labute approximate surface area is 123 Å². The Hall–Kier alpha value is -1.13. The molecule has 0 radical (unpaired) electrons. The summed E-state index contributed by atoms with van der Waals surface area (Å²) in [6.07, 6.45) is 0.936. The summed E-state index contributed by atoms with van der Waals surface area (Å²) in [6, 6.07) is 8.88. The van der Waals surface area contributed by atoms with Gasteiger partial charge in [-0.15, -0.1) is 0 Å². The van der Waals surface area contributed by atoms with E-state index in [4.69, 9.17) is 0 Å². The predicted molar refractivity (Wildman–Crippen MR) is 82.3 cm³/mol. The summed E-state index contributed by atoms with van der Waals surface area (Å²) in [5.41, 5.74) is 4.95. The molecular weight excluding hydrogens is 302 g/mol. The molecule has 2 rings (SSSR count). The Kier molecular flexibility index (Phi) is 4.42. The van der Waals surface area contributed by atoms with Gasteiger partial charge < -0.3 is 5.32 Å². The van der Waals surface area contributed by atoms with Gasteiger partial charge in [0, 0.05) is 29.7 Å². The fraction of sp³-hybridized carbons (Fsp3) is 0.400. The Bertz CT molecular complexity index is 575. The molecule has 1 atom stereocenters. The maximum atomic E-state index is 4.41. The molecule has 0 spiro atoms. The molecule has 0 saturated carbocycles. The minimum Gasteiger partial charge on any atom is -0.313 e. The van der Waals surface area contributed by atoms with Gasteiger partial charge in [0.2, 0.25) is 0 Å². The van der Waals surface area contributed by atoms with E-state index in [1.165, 1.54) is 16.8 Å². The van der Waals surface area contributed by atoms with Crippen molar-refractivity contribution < 1.29 is 0 Å². The topological polar surface area (TPSA) is 29.9 Å². The Balaban J connectivity index is 2.30. The lowest BCUT2D eigenvalue weighted by atomic mass is 9.97. The fourth-order valence-corrected chi connectivity index (χ4v) is 2.80. The van der Waals surface area contributed by atoms with E-state index < -0.39 is 0 Å². The van der Waals surface area contributed by atoms with Crippen LogP contribution in [0.3, 0.4) is 0 Å². The van der Waals surface area contributed by atoms with Crippen LogP contribution in [-0.2, 0) is 13.5 Å². The lowest BCUT2D eigenvalue weighted by molar-refractivity contribution is 0.559. The Morgan fingerprint density at radius 1 is 1.32 bits per heavy atom. The van der Waals surface area contributed by atoms with Gasteiger partial charge in [0.25, 0.3) is 0 Å². The van der Waals surface area contributed by atoms with Gasteiger partial charge in [-0.05, 0) is 50.2 Å². The van der Waals surface area contributed by atoms with Gasteiger partial charge in [-0.25, -0.2) is 0 Å². The first-order chi connectivity index (χ1) is 9.01. The second-order valence-electron chi connectivity index (χ2n) is 4.95. The van der Waals surface area contributed by atoms with E-state index in [-0.39, 0.29) is 0 Å². The van der Waals surface area contributed by atoms with E-state index >= 15 is 0 Å². The fourth-order valence-electron chi connectivity index (χ4n) is 2.42. The highest BCUT2D eigenvalue weighted by Gasteiger charge is 2.15. The highest BCUT2D eigenvalue weighted by atomic mass is 79.9. The van der Waals surface area contributed by atoms with E-state index in [0.717, 1.165) is 16.6 Å². The third-order valence-electron chi connectivity index (χ3n) is 3.48. The number of hydrogen-bond acceptors (Lipinski definition) is 2. The second-order valence-corrected chi connectivity index (χ2v) is 5.86. The minimum atomic E-state index is 0.298. The maximum Gasteiger partial charge on any atom is 0.0596 e.